The molecular formula is C51H37N3. The van der Waals surface area contributed by atoms with Gasteiger partial charge in [0, 0.05) is 44.0 Å². The van der Waals surface area contributed by atoms with Gasteiger partial charge in [-0.05, 0) is 89.0 Å². The van der Waals surface area contributed by atoms with Crippen molar-refractivity contribution in [2.24, 2.45) is 0 Å². The smallest absolute Gasteiger partial charge is 0.0788 e. The molecule has 3 heterocycles. The van der Waals surface area contributed by atoms with Gasteiger partial charge in [-0.1, -0.05) is 135 Å². The molecule has 11 rings (SSSR count). The summed E-state index contributed by atoms with van der Waals surface area (Å²) in [4.78, 5) is 2.42. The molecule has 0 bridgehead atoms. The third kappa shape index (κ3) is 4.36. The van der Waals surface area contributed by atoms with Gasteiger partial charge in [0.15, 0.2) is 0 Å². The lowest BCUT2D eigenvalue weighted by Gasteiger charge is -2.42. The fourth-order valence-electron chi connectivity index (χ4n) is 9.16. The Morgan fingerprint density at radius 2 is 0.833 bits per heavy atom. The normalized spacial score (nSPS) is 13.5. The first-order valence-electron chi connectivity index (χ1n) is 18.8. The van der Waals surface area contributed by atoms with Crippen molar-refractivity contribution in [3.05, 3.63) is 199 Å². The molecule has 3 nitrogen and oxygen atoms in total. The summed E-state index contributed by atoms with van der Waals surface area (Å²) in [5, 5.41) is 5.02. The van der Waals surface area contributed by atoms with Crippen molar-refractivity contribution in [1.82, 2.24) is 9.13 Å². The van der Waals surface area contributed by atoms with Gasteiger partial charge in [-0.15, -0.1) is 0 Å². The molecule has 2 aromatic heterocycles. The van der Waals surface area contributed by atoms with E-state index in [1.165, 1.54) is 82.9 Å². The minimum Gasteiger partial charge on any atom is -0.310 e. The van der Waals surface area contributed by atoms with Gasteiger partial charge in [-0.3, -0.25) is 0 Å². The molecule has 256 valence electrons. The summed E-state index contributed by atoms with van der Waals surface area (Å²) in [7, 11) is 0. The lowest BCUT2D eigenvalue weighted by molar-refractivity contribution is 0.632. The van der Waals surface area contributed by atoms with Gasteiger partial charge in [0.25, 0.3) is 0 Å². The monoisotopic (exact) mass is 691 g/mol. The predicted molar refractivity (Wildman–Crippen MR) is 227 cm³/mol. The van der Waals surface area contributed by atoms with Gasteiger partial charge in [0.1, 0.15) is 0 Å². The maximum Gasteiger partial charge on any atom is 0.0788 e. The fraction of sp³-hybridized carbons (Fsp3) is 0.0588. The maximum absolute atomic E-state index is 2.47. The van der Waals surface area contributed by atoms with Crippen LogP contribution in [0.4, 0.5) is 17.1 Å². The molecule has 0 N–H and O–H groups in total. The molecule has 0 spiro atoms. The van der Waals surface area contributed by atoms with E-state index in [0.29, 0.717) is 0 Å². The van der Waals surface area contributed by atoms with Gasteiger partial charge in [0.2, 0.25) is 0 Å². The zero-order valence-corrected chi connectivity index (χ0v) is 30.2. The Bertz CT molecular complexity index is 3060. The first-order chi connectivity index (χ1) is 26.6. The molecule has 0 aliphatic carbocycles. The Hall–Kier alpha value is -6.84. The first-order valence-corrected chi connectivity index (χ1v) is 18.8. The molecule has 1 aliphatic heterocycles. The minimum absolute atomic E-state index is 0.168. The largest absolute Gasteiger partial charge is 0.310 e. The number of benzene rings is 8. The van der Waals surface area contributed by atoms with Gasteiger partial charge >= 0.3 is 0 Å². The summed E-state index contributed by atoms with van der Waals surface area (Å²) in [5.41, 5.74) is 15.7. The van der Waals surface area contributed by atoms with Gasteiger partial charge in [-0.2, -0.15) is 0 Å². The quantitative estimate of drug-likeness (QED) is 0.179. The second kappa shape index (κ2) is 11.6. The third-order valence-corrected chi connectivity index (χ3v) is 11.7. The molecule has 3 heteroatoms. The molecule has 0 atom stereocenters. The first kappa shape index (κ1) is 30.8. The van der Waals surface area contributed by atoms with E-state index in [-0.39, 0.29) is 5.41 Å². The van der Waals surface area contributed by atoms with Crippen molar-refractivity contribution in [3.63, 3.8) is 0 Å². The van der Waals surface area contributed by atoms with Crippen LogP contribution in [0.3, 0.4) is 0 Å². The van der Waals surface area contributed by atoms with Crippen LogP contribution in [0, 0.1) is 0 Å². The number of hydrogen-bond donors (Lipinski definition) is 0. The number of hydrogen-bond acceptors (Lipinski definition) is 1. The van der Waals surface area contributed by atoms with Crippen molar-refractivity contribution in [3.8, 4) is 22.5 Å². The van der Waals surface area contributed by atoms with Crippen molar-refractivity contribution in [2.75, 3.05) is 4.90 Å². The highest BCUT2D eigenvalue weighted by Gasteiger charge is 2.37. The van der Waals surface area contributed by atoms with Crippen molar-refractivity contribution in [1.29, 1.82) is 0 Å². The standard InChI is InChI=1S/C51H37N3/c1-51(2)43-21-11-14-24-47(43)52(36-15-5-3-6-16-36)48-32-27-35(33-44(48)51)34-25-28-38(29-26-34)54-46-23-13-10-20-40(46)42-31-30-41-39-19-9-12-22-45(39)53(49(41)50(42)54)37-17-7-4-8-18-37/h3-33H,1-2H3. The van der Waals surface area contributed by atoms with Gasteiger partial charge < -0.3 is 14.0 Å². The third-order valence-electron chi connectivity index (χ3n) is 11.7. The van der Waals surface area contributed by atoms with E-state index in [2.05, 4.69) is 216 Å². The Kier molecular flexibility index (Phi) is 6.60. The van der Waals surface area contributed by atoms with E-state index >= 15 is 0 Å². The van der Waals surface area contributed by atoms with Crippen molar-refractivity contribution >= 4 is 60.7 Å². The Balaban J connectivity index is 1.10. The van der Waals surface area contributed by atoms with Crippen molar-refractivity contribution in [2.45, 2.75) is 19.3 Å². The molecule has 1 aliphatic rings. The molecule has 8 aromatic carbocycles. The number of rotatable bonds is 4. The predicted octanol–water partition coefficient (Wildman–Crippen LogP) is 13.7. The van der Waals surface area contributed by atoms with Crippen LogP contribution in [0.5, 0.6) is 0 Å². The SMILES string of the molecule is CC1(C)c2ccccc2N(c2ccccc2)c2ccc(-c3ccc(-n4c5ccccc5c5ccc6c7ccccc7n(-c7ccccc7)c6c54)cc3)cc21. The zero-order valence-electron chi connectivity index (χ0n) is 30.2. The summed E-state index contributed by atoms with van der Waals surface area (Å²) in [6.07, 6.45) is 0. The zero-order chi connectivity index (χ0) is 36.0. The Morgan fingerprint density at radius 3 is 1.46 bits per heavy atom. The number of fused-ring (bicyclic) bond motifs is 9. The topological polar surface area (TPSA) is 13.1 Å². The molecule has 54 heavy (non-hydrogen) atoms. The van der Waals surface area contributed by atoms with Crippen LogP contribution in [-0.2, 0) is 5.41 Å². The fourth-order valence-corrected chi connectivity index (χ4v) is 9.16. The minimum atomic E-state index is -0.168. The van der Waals surface area contributed by atoms with Crippen LogP contribution in [0.2, 0.25) is 0 Å². The Morgan fingerprint density at radius 1 is 0.352 bits per heavy atom. The van der Waals surface area contributed by atoms with Crippen molar-refractivity contribution < 1.29 is 0 Å². The average Bonchev–Trinajstić information content (AvgIpc) is 3.75. The van der Waals surface area contributed by atoms with E-state index < -0.39 is 0 Å². The molecular weight excluding hydrogens is 655 g/mol. The lowest BCUT2D eigenvalue weighted by Crippen LogP contribution is -2.30. The number of nitrogens with zero attached hydrogens (tertiary/aromatic N) is 3. The highest BCUT2D eigenvalue weighted by molar-refractivity contribution is 6.23. The summed E-state index contributed by atoms with van der Waals surface area (Å²) >= 11 is 0. The summed E-state index contributed by atoms with van der Waals surface area (Å²) in [6.45, 7) is 4.72. The van der Waals surface area contributed by atoms with Crippen LogP contribution >= 0.6 is 0 Å². The van der Waals surface area contributed by atoms with E-state index in [1.54, 1.807) is 0 Å². The van der Waals surface area contributed by atoms with E-state index in [9.17, 15) is 0 Å². The summed E-state index contributed by atoms with van der Waals surface area (Å²) < 4.78 is 4.92. The van der Waals surface area contributed by atoms with Crippen LogP contribution < -0.4 is 4.90 Å². The molecule has 0 radical (unpaired) electrons. The van der Waals surface area contributed by atoms with Crippen LogP contribution in [0.1, 0.15) is 25.0 Å². The molecule has 0 saturated carbocycles. The molecule has 10 aromatic rings. The Labute approximate surface area is 314 Å². The van der Waals surface area contributed by atoms with Crippen LogP contribution in [-0.4, -0.2) is 9.13 Å². The second-order valence-electron chi connectivity index (χ2n) is 15.0. The highest BCUT2D eigenvalue weighted by atomic mass is 15.2. The second-order valence-corrected chi connectivity index (χ2v) is 15.0. The average molecular weight is 692 g/mol. The summed E-state index contributed by atoms with van der Waals surface area (Å²) in [5.74, 6) is 0. The van der Waals surface area contributed by atoms with Gasteiger partial charge in [0.05, 0.1) is 33.4 Å². The van der Waals surface area contributed by atoms with E-state index in [4.69, 9.17) is 0 Å². The van der Waals surface area contributed by atoms with Crippen LogP contribution in [0.25, 0.3) is 66.1 Å². The highest BCUT2D eigenvalue weighted by Crippen LogP contribution is 2.52. The molecule has 0 fully saturated rings. The molecule has 0 unspecified atom stereocenters. The van der Waals surface area contributed by atoms with E-state index in [1.807, 2.05) is 0 Å². The van der Waals surface area contributed by atoms with Gasteiger partial charge in [-0.25, -0.2) is 0 Å². The number of para-hydroxylation sites is 5. The molecule has 0 amide bonds. The summed E-state index contributed by atoms with van der Waals surface area (Å²) in [6, 6.07) is 68.8. The van der Waals surface area contributed by atoms with E-state index in [0.717, 1.165) is 11.4 Å². The van der Waals surface area contributed by atoms with Crippen LogP contribution in [0.15, 0.2) is 188 Å². The molecule has 0 saturated heterocycles. The number of anilines is 3. The number of aromatic nitrogens is 2. The lowest BCUT2D eigenvalue weighted by atomic mass is 9.73. The maximum atomic E-state index is 2.47.